The van der Waals surface area contributed by atoms with Crippen LogP contribution in [0.1, 0.15) is 11.3 Å². The van der Waals surface area contributed by atoms with E-state index in [1.807, 2.05) is 6.07 Å². The van der Waals surface area contributed by atoms with Crippen molar-refractivity contribution in [1.29, 1.82) is 0 Å². The van der Waals surface area contributed by atoms with Gasteiger partial charge in [-0.25, -0.2) is 0 Å². The number of para-hydroxylation sites is 1. The Kier molecular flexibility index (Phi) is 5.05. The lowest BCUT2D eigenvalue weighted by Gasteiger charge is -2.31. The van der Waals surface area contributed by atoms with E-state index in [1.54, 1.807) is 6.07 Å². The highest BCUT2D eigenvalue weighted by Gasteiger charge is 2.15. The zero-order chi connectivity index (χ0) is 16.1. The molecule has 1 fully saturated rings. The highest BCUT2D eigenvalue weighted by molar-refractivity contribution is 5.53. The molecule has 0 atom stereocenters. The lowest BCUT2D eigenvalue weighted by atomic mass is 10.1. The van der Waals surface area contributed by atoms with Crippen LogP contribution in [0, 0.1) is 0 Å². The quantitative estimate of drug-likeness (QED) is 0.903. The van der Waals surface area contributed by atoms with Crippen LogP contribution in [0.15, 0.2) is 36.4 Å². The van der Waals surface area contributed by atoms with Gasteiger partial charge in [-0.2, -0.15) is 5.10 Å². The first kappa shape index (κ1) is 15.7. The van der Waals surface area contributed by atoms with Gasteiger partial charge in [-0.3, -0.25) is 4.90 Å². The Bertz CT molecular complexity index is 625. The Labute approximate surface area is 136 Å². The van der Waals surface area contributed by atoms with Crippen molar-refractivity contribution in [3.8, 4) is 0 Å². The van der Waals surface area contributed by atoms with Crippen molar-refractivity contribution < 1.29 is 4.74 Å². The first-order chi connectivity index (χ1) is 11.2. The second-order valence-corrected chi connectivity index (χ2v) is 5.85. The number of anilines is 2. The predicted octanol–water partition coefficient (Wildman–Crippen LogP) is 1.53. The molecule has 0 bridgehead atoms. The van der Waals surface area contributed by atoms with Gasteiger partial charge in [0.1, 0.15) is 5.82 Å². The molecular weight excluding hydrogens is 290 g/mol. The Hall–Kier alpha value is -2.18. The predicted molar refractivity (Wildman–Crippen MR) is 91.1 cm³/mol. The Morgan fingerprint density at radius 2 is 1.87 bits per heavy atom. The van der Waals surface area contributed by atoms with Crippen LogP contribution in [0.5, 0.6) is 0 Å². The number of rotatable bonds is 5. The van der Waals surface area contributed by atoms with Gasteiger partial charge in [-0.1, -0.05) is 18.2 Å². The summed E-state index contributed by atoms with van der Waals surface area (Å²) in [5, 5.41) is 8.04. The summed E-state index contributed by atoms with van der Waals surface area (Å²) in [5.41, 5.74) is 9.12. The summed E-state index contributed by atoms with van der Waals surface area (Å²) < 4.78 is 5.45. The summed E-state index contributed by atoms with van der Waals surface area (Å²) in [5.74, 6) is 0.453. The monoisotopic (exact) mass is 313 g/mol. The number of hydrogen-bond acceptors (Lipinski definition) is 6. The largest absolute Gasteiger partial charge is 0.382 e. The van der Waals surface area contributed by atoms with E-state index in [0.717, 1.165) is 45.1 Å². The minimum atomic E-state index is 0.453. The summed E-state index contributed by atoms with van der Waals surface area (Å²) in [4.78, 5) is 4.63. The van der Waals surface area contributed by atoms with Gasteiger partial charge in [-0.15, -0.1) is 5.10 Å². The molecule has 1 aromatic heterocycles. The zero-order valence-corrected chi connectivity index (χ0v) is 13.5. The van der Waals surface area contributed by atoms with Crippen LogP contribution >= 0.6 is 0 Å². The number of nitrogens with two attached hydrogens (primary N) is 1. The molecule has 0 spiro atoms. The van der Waals surface area contributed by atoms with Crippen LogP contribution in [-0.4, -0.2) is 48.4 Å². The van der Waals surface area contributed by atoms with E-state index < -0.39 is 0 Å². The smallest absolute Gasteiger partial charge is 0.146 e. The molecule has 1 saturated heterocycles. The van der Waals surface area contributed by atoms with Crippen molar-refractivity contribution in [2.24, 2.45) is 0 Å². The van der Waals surface area contributed by atoms with Gasteiger partial charge >= 0.3 is 0 Å². The first-order valence-electron chi connectivity index (χ1n) is 7.89. The maximum absolute atomic E-state index is 5.58. The first-order valence-corrected chi connectivity index (χ1v) is 7.89. The van der Waals surface area contributed by atoms with Crippen LogP contribution in [0.25, 0.3) is 0 Å². The van der Waals surface area contributed by atoms with E-state index in [0.29, 0.717) is 5.82 Å². The van der Waals surface area contributed by atoms with Crippen LogP contribution in [-0.2, 0) is 17.8 Å². The number of nitrogens with zero attached hydrogens (tertiary/aromatic N) is 4. The van der Waals surface area contributed by atoms with E-state index in [4.69, 9.17) is 10.5 Å². The Morgan fingerprint density at radius 1 is 1.09 bits per heavy atom. The normalized spacial score (nSPS) is 15.1. The summed E-state index contributed by atoms with van der Waals surface area (Å²) in [6.07, 6.45) is 0. The highest BCUT2D eigenvalue weighted by atomic mass is 16.5. The van der Waals surface area contributed by atoms with Crippen molar-refractivity contribution in [2.45, 2.75) is 13.1 Å². The molecule has 0 amide bonds. The van der Waals surface area contributed by atoms with E-state index in [1.165, 1.54) is 11.3 Å². The summed E-state index contributed by atoms with van der Waals surface area (Å²) in [6.45, 7) is 5.09. The number of ether oxygens (including phenoxy) is 1. The third kappa shape index (κ3) is 4.18. The molecule has 0 unspecified atom stereocenters. The molecule has 6 nitrogen and oxygen atoms in total. The molecule has 1 aromatic carbocycles. The fraction of sp³-hybridized carbons (Fsp3) is 0.412. The molecule has 3 rings (SSSR count). The minimum Gasteiger partial charge on any atom is -0.382 e. The zero-order valence-electron chi connectivity index (χ0n) is 13.5. The van der Waals surface area contributed by atoms with Crippen molar-refractivity contribution in [3.63, 3.8) is 0 Å². The van der Waals surface area contributed by atoms with Gasteiger partial charge in [-0.05, 0) is 30.8 Å². The number of morpholine rings is 1. The highest BCUT2D eigenvalue weighted by Crippen LogP contribution is 2.23. The number of hydrogen-bond donors (Lipinski definition) is 1. The molecule has 122 valence electrons. The van der Waals surface area contributed by atoms with Gasteiger partial charge in [0, 0.05) is 31.9 Å². The Morgan fingerprint density at radius 3 is 2.61 bits per heavy atom. The van der Waals surface area contributed by atoms with Gasteiger partial charge in [0.15, 0.2) is 0 Å². The summed E-state index contributed by atoms with van der Waals surface area (Å²) >= 11 is 0. The van der Waals surface area contributed by atoms with E-state index in [9.17, 15) is 0 Å². The fourth-order valence-corrected chi connectivity index (χ4v) is 2.84. The summed E-state index contributed by atoms with van der Waals surface area (Å²) in [6, 6.07) is 12.3. The average Bonchev–Trinajstić information content (AvgIpc) is 2.58. The lowest BCUT2D eigenvalue weighted by Crippen LogP contribution is -2.37. The molecule has 0 saturated carbocycles. The topological polar surface area (TPSA) is 67.5 Å². The third-order valence-electron chi connectivity index (χ3n) is 3.96. The van der Waals surface area contributed by atoms with Gasteiger partial charge in [0.25, 0.3) is 0 Å². The molecule has 6 heteroatoms. The second kappa shape index (κ2) is 7.39. The van der Waals surface area contributed by atoms with Crippen molar-refractivity contribution in [3.05, 3.63) is 47.7 Å². The second-order valence-electron chi connectivity index (χ2n) is 5.85. The van der Waals surface area contributed by atoms with Crippen LogP contribution in [0.2, 0.25) is 0 Å². The average molecular weight is 313 g/mol. The minimum absolute atomic E-state index is 0.453. The van der Waals surface area contributed by atoms with E-state index in [2.05, 4.69) is 51.3 Å². The molecule has 1 aliphatic heterocycles. The maximum Gasteiger partial charge on any atom is 0.146 e. The number of nitrogen functional groups attached to an aromatic ring is 1. The maximum atomic E-state index is 5.58. The molecular formula is C17H23N5O. The SMILES string of the molecule is CN(Cc1ccc(N)nn1)Cc1ccccc1N1CCOCC1. The lowest BCUT2D eigenvalue weighted by molar-refractivity contribution is 0.122. The number of benzene rings is 1. The van der Waals surface area contributed by atoms with Crippen LogP contribution < -0.4 is 10.6 Å². The molecule has 0 aliphatic carbocycles. The van der Waals surface area contributed by atoms with E-state index in [-0.39, 0.29) is 0 Å². The molecule has 0 radical (unpaired) electrons. The van der Waals surface area contributed by atoms with Gasteiger partial charge in [0.05, 0.1) is 18.9 Å². The molecule has 1 aliphatic rings. The Balaban J connectivity index is 1.68. The molecule has 2 N–H and O–H groups in total. The van der Waals surface area contributed by atoms with Crippen LogP contribution in [0.3, 0.4) is 0 Å². The van der Waals surface area contributed by atoms with Gasteiger partial charge < -0.3 is 15.4 Å². The molecule has 2 heterocycles. The van der Waals surface area contributed by atoms with Gasteiger partial charge in [0.2, 0.25) is 0 Å². The summed E-state index contributed by atoms with van der Waals surface area (Å²) in [7, 11) is 2.09. The number of aromatic nitrogens is 2. The molecule has 23 heavy (non-hydrogen) atoms. The van der Waals surface area contributed by atoms with E-state index >= 15 is 0 Å². The standard InChI is InChI=1S/C17H23N5O/c1-21(13-15-6-7-17(18)20-19-15)12-14-4-2-3-5-16(14)22-8-10-23-11-9-22/h2-7H,8-13H2,1H3,(H2,18,20). The third-order valence-corrected chi connectivity index (χ3v) is 3.96. The van der Waals surface area contributed by atoms with Crippen molar-refractivity contribution in [1.82, 2.24) is 15.1 Å². The van der Waals surface area contributed by atoms with Crippen molar-refractivity contribution >= 4 is 11.5 Å². The fourth-order valence-electron chi connectivity index (χ4n) is 2.84. The van der Waals surface area contributed by atoms with Crippen LogP contribution in [0.4, 0.5) is 11.5 Å². The van der Waals surface area contributed by atoms with Crippen molar-refractivity contribution in [2.75, 3.05) is 44.0 Å². The molecule has 2 aromatic rings.